The number of benzene rings is 1. The highest BCUT2D eigenvalue weighted by Gasteiger charge is 2.07. The van der Waals surface area contributed by atoms with Gasteiger partial charge in [-0.25, -0.2) is 4.79 Å². The third kappa shape index (κ3) is 4.87. The smallest absolute Gasteiger partial charge is 0.332 e. The highest BCUT2D eigenvalue weighted by Crippen LogP contribution is 2.08. The van der Waals surface area contributed by atoms with Crippen LogP contribution in [0.5, 0.6) is 0 Å². The lowest BCUT2D eigenvalue weighted by atomic mass is 10.2. The average Bonchev–Trinajstić information content (AvgIpc) is 2.28. The monoisotopic (exact) mass is 359 g/mol. The van der Waals surface area contributed by atoms with Crippen molar-refractivity contribution in [3.8, 4) is 0 Å². The zero-order valence-electron chi connectivity index (χ0n) is 10.2. The van der Waals surface area contributed by atoms with Crippen LogP contribution in [0.25, 0.3) is 0 Å². The number of carbonyl (C=O) groups excluding carboxylic acids is 2. The van der Waals surface area contributed by atoms with E-state index in [9.17, 15) is 9.59 Å². The lowest BCUT2D eigenvalue weighted by molar-refractivity contribution is -0.137. The molecule has 0 aliphatic carbocycles. The molecule has 0 aliphatic rings. The Morgan fingerprint density at radius 2 is 2.17 bits per heavy atom. The molecule has 1 rings (SSSR count). The maximum atomic E-state index is 11.8. The number of halogens is 1. The van der Waals surface area contributed by atoms with Gasteiger partial charge in [-0.1, -0.05) is 6.07 Å². The summed E-state index contributed by atoms with van der Waals surface area (Å²) in [6, 6.07) is 7.20. The number of esters is 1. The molecule has 0 bridgehead atoms. The van der Waals surface area contributed by atoms with Gasteiger partial charge in [0, 0.05) is 20.9 Å². The van der Waals surface area contributed by atoms with Crippen LogP contribution in [0.2, 0.25) is 0 Å². The van der Waals surface area contributed by atoms with Gasteiger partial charge in [0.2, 0.25) is 0 Å². The first-order chi connectivity index (χ1) is 8.52. The highest BCUT2D eigenvalue weighted by molar-refractivity contribution is 14.1. The summed E-state index contributed by atoms with van der Waals surface area (Å²) >= 11 is 2.13. The Morgan fingerprint density at radius 1 is 1.44 bits per heavy atom. The Balaban J connectivity index is 2.68. The van der Waals surface area contributed by atoms with Crippen LogP contribution in [0.15, 0.2) is 36.0 Å². The van der Waals surface area contributed by atoms with Gasteiger partial charge in [-0.3, -0.25) is 4.79 Å². The van der Waals surface area contributed by atoms with E-state index in [-0.39, 0.29) is 5.91 Å². The van der Waals surface area contributed by atoms with Crippen molar-refractivity contribution < 1.29 is 14.3 Å². The Kier molecular flexibility index (Phi) is 5.84. The van der Waals surface area contributed by atoms with E-state index < -0.39 is 5.97 Å². The molecule has 0 saturated carbocycles. The van der Waals surface area contributed by atoms with Gasteiger partial charge in [0.1, 0.15) is 0 Å². The predicted octanol–water partition coefficient (Wildman–Crippen LogP) is 2.49. The summed E-state index contributed by atoms with van der Waals surface area (Å²) in [7, 11) is 0. The molecular weight excluding hydrogens is 345 g/mol. The van der Waals surface area contributed by atoms with Gasteiger partial charge in [-0.15, -0.1) is 0 Å². The molecule has 1 amide bonds. The molecule has 0 spiro atoms. The zero-order chi connectivity index (χ0) is 13.5. The normalized spacial score (nSPS) is 10.9. The molecule has 1 aromatic rings. The second kappa shape index (κ2) is 7.15. The first-order valence-electron chi connectivity index (χ1n) is 5.45. The fourth-order valence-corrected chi connectivity index (χ4v) is 1.82. The van der Waals surface area contributed by atoms with Crippen molar-refractivity contribution in [2.24, 2.45) is 0 Å². The largest absolute Gasteiger partial charge is 0.463 e. The molecule has 0 heterocycles. The molecule has 1 N–H and O–H groups in total. The molecule has 0 unspecified atom stereocenters. The van der Waals surface area contributed by atoms with Gasteiger partial charge in [0.05, 0.1) is 6.61 Å². The van der Waals surface area contributed by atoms with Gasteiger partial charge in [-0.05, 0) is 54.6 Å². The maximum absolute atomic E-state index is 11.8. The van der Waals surface area contributed by atoms with Gasteiger partial charge in [0.25, 0.3) is 5.91 Å². The molecular formula is C13H14INO3. The number of hydrogen-bond acceptors (Lipinski definition) is 3. The lowest BCUT2D eigenvalue weighted by Crippen LogP contribution is -2.22. The zero-order valence-corrected chi connectivity index (χ0v) is 12.4. The van der Waals surface area contributed by atoms with E-state index in [0.717, 1.165) is 3.57 Å². The van der Waals surface area contributed by atoms with E-state index in [4.69, 9.17) is 4.74 Å². The Bertz CT molecular complexity index is 483. The molecule has 96 valence electrons. The molecule has 0 fully saturated rings. The van der Waals surface area contributed by atoms with E-state index >= 15 is 0 Å². The van der Waals surface area contributed by atoms with E-state index in [1.807, 2.05) is 6.07 Å². The maximum Gasteiger partial charge on any atom is 0.332 e. The van der Waals surface area contributed by atoms with Crippen LogP contribution in [0.1, 0.15) is 24.2 Å². The molecule has 0 aliphatic heterocycles. The standard InChI is InChI=1S/C13H14INO3/c1-3-18-12(16)7-9(2)15-13(17)10-5-4-6-11(14)8-10/h4-8H,3H2,1-2H3,(H,15,17)/b9-7+. The second-order valence-corrected chi connectivity index (χ2v) is 4.79. The SMILES string of the molecule is CCOC(=O)/C=C(\C)NC(=O)c1cccc(I)c1. The summed E-state index contributed by atoms with van der Waals surface area (Å²) in [6.07, 6.45) is 1.26. The quantitative estimate of drug-likeness (QED) is 0.511. The fourth-order valence-electron chi connectivity index (χ4n) is 1.28. The number of allylic oxidation sites excluding steroid dienone is 1. The minimum atomic E-state index is -0.460. The number of amides is 1. The third-order valence-corrected chi connectivity index (χ3v) is 2.69. The topological polar surface area (TPSA) is 55.4 Å². The van der Waals surface area contributed by atoms with Crippen molar-refractivity contribution in [3.63, 3.8) is 0 Å². The van der Waals surface area contributed by atoms with Crippen LogP contribution in [-0.4, -0.2) is 18.5 Å². The van der Waals surface area contributed by atoms with Crippen LogP contribution in [-0.2, 0) is 9.53 Å². The van der Waals surface area contributed by atoms with E-state index in [0.29, 0.717) is 17.9 Å². The molecule has 0 saturated heterocycles. The minimum absolute atomic E-state index is 0.244. The molecule has 4 nitrogen and oxygen atoms in total. The predicted molar refractivity (Wildman–Crippen MR) is 77.0 cm³/mol. The highest BCUT2D eigenvalue weighted by atomic mass is 127. The fraction of sp³-hybridized carbons (Fsp3) is 0.231. The van der Waals surface area contributed by atoms with Crippen molar-refractivity contribution in [3.05, 3.63) is 45.2 Å². The van der Waals surface area contributed by atoms with E-state index in [2.05, 4.69) is 27.9 Å². The van der Waals surface area contributed by atoms with Crippen molar-refractivity contribution >= 4 is 34.5 Å². The molecule has 1 aromatic carbocycles. The van der Waals surface area contributed by atoms with Crippen LogP contribution >= 0.6 is 22.6 Å². The van der Waals surface area contributed by atoms with E-state index in [1.54, 1.807) is 32.0 Å². The summed E-state index contributed by atoms with van der Waals surface area (Å²) in [4.78, 5) is 23.0. The summed E-state index contributed by atoms with van der Waals surface area (Å²) in [6.45, 7) is 3.68. The van der Waals surface area contributed by atoms with Gasteiger partial charge in [0.15, 0.2) is 0 Å². The molecule has 5 heteroatoms. The number of rotatable bonds is 4. The first-order valence-corrected chi connectivity index (χ1v) is 6.52. The molecule has 0 radical (unpaired) electrons. The van der Waals surface area contributed by atoms with Crippen LogP contribution in [0.4, 0.5) is 0 Å². The Hall–Kier alpha value is -1.37. The van der Waals surface area contributed by atoms with Crippen molar-refractivity contribution in [2.45, 2.75) is 13.8 Å². The number of nitrogens with one attached hydrogen (secondary N) is 1. The third-order valence-electron chi connectivity index (χ3n) is 2.02. The second-order valence-electron chi connectivity index (χ2n) is 3.54. The average molecular weight is 359 g/mol. The van der Waals surface area contributed by atoms with Crippen molar-refractivity contribution in [1.82, 2.24) is 5.32 Å². The van der Waals surface area contributed by atoms with Gasteiger partial charge < -0.3 is 10.1 Å². The van der Waals surface area contributed by atoms with Crippen molar-refractivity contribution in [2.75, 3.05) is 6.61 Å². The summed E-state index contributed by atoms with van der Waals surface area (Å²) in [5, 5.41) is 2.63. The van der Waals surface area contributed by atoms with Crippen LogP contribution < -0.4 is 5.32 Å². The Morgan fingerprint density at radius 3 is 2.78 bits per heavy atom. The summed E-state index contributed by atoms with van der Waals surface area (Å²) in [5.74, 6) is -0.704. The summed E-state index contributed by atoms with van der Waals surface area (Å²) in [5.41, 5.74) is 1.01. The molecule has 18 heavy (non-hydrogen) atoms. The summed E-state index contributed by atoms with van der Waals surface area (Å²) < 4.78 is 5.73. The lowest BCUT2D eigenvalue weighted by Gasteiger charge is -2.05. The minimum Gasteiger partial charge on any atom is -0.463 e. The van der Waals surface area contributed by atoms with Gasteiger partial charge >= 0.3 is 5.97 Å². The first kappa shape index (κ1) is 14.7. The molecule has 0 aromatic heterocycles. The number of hydrogen-bond donors (Lipinski definition) is 1. The Labute approximate surface area is 120 Å². The van der Waals surface area contributed by atoms with E-state index in [1.165, 1.54) is 6.08 Å². The number of ether oxygens (including phenoxy) is 1. The van der Waals surface area contributed by atoms with Crippen LogP contribution in [0, 0.1) is 3.57 Å². The number of carbonyl (C=O) groups is 2. The van der Waals surface area contributed by atoms with Gasteiger partial charge in [-0.2, -0.15) is 0 Å². The van der Waals surface area contributed by atoms with Crippen LogP contribution in [0.3, 0.4) is 0 Å². The van der Waals surface area contributed by atoms with Crippen molar-refractivity contribution in [1.29, 1.82) is 0 Å². The molecule has 0 atom stereocenters.